The summed E-state index contributed by atoms with van der Waals surface area (Å²) >= 11 is 3.82. The summed E-state index contributed by atoms with van der Waals surface area (Å²) in [5.41, 5.74) is 0.0101. The summed E-state index contributed by atoms with van der Waals surface area (Å²) in [4.78, 5) is 0. The molecule has 5 heteroatoms. The minimum Gasteiger partial charge on any atom is -0.494 e. The van der Waals surface area contributed by atoms with Crippen LogP contribution in [0.5, 0.6) is 5.75 Å². The molecule has 0 fully saturated rings. The average Bonchev–Trinajstić information content (AvgIpc) is 2.27. The minimum absolute atomic E-state index is 0.0101. The van der Waals surface area contributed by atoms with E-state index in [-0.39, 0.29) is 17.1 Å². The maximum absolute atomic E-state index is 13.6. The van der Waals surface area contributed by atoms with Gasteiger partial charge in [-0.3, -0.25) is 0 Å². The topological polar surface area (TPSA) is 49.7 Å². The molecule has 0 heterocycles. The van der Waals surface area contributed by atoms with E-state index in [1.54, 1.807) is 6.07 Å². The molecule has 0 radical (unpaired) electrons. The number of aliphatic hydroxyl groups excluding tert-OH is 2. The molecule has 3 nitrogen and oxygen atoms in total. The summed E-state index contributed by atoms with van der Waals surface area (Å²) in [6, 6.07) is 4.39. The van der Waals surface area contributed by atoms with E-state index in [2.05, 4.69) is 12.6 Å². The lowest BCUT2D eigenvalue weighted by atomic mass is 10.0. The summed E-state index contributed by atoms with van der Waals surface area (Å²) in [6.07, 6.45) is -2.40. The highest BCUT2D eigenvalue weighted by molar-refractivity contribution is 7.80. The second kappa shape index (κ2) is 5.34. The van der Waals surface area contributed by atoms with Gasteiger partial charge in [0.15, 0.2) is 11.6 Å². The van der Waals surface area contributed by atoms with Crippen molar-refractivity contribution in [2.24, 2.45) is 0 Å². The Kier molecular flexibility index (Phi) is 4.38. The minimum atomic E-state index is -1.29. The van der Waals surface area contributed by atoms with Crippen molar-refractivity contribution in [1.82, 2.24) is 0 Å². The highest BCUT2D eigenvalue weighted by Gasteiger charge is 2.22. The molecule has 2 N–H and O–H groups in total. The van der Waals surface area contributed by atoms with E-state index in [1.807, 2.05) is 0 Å². The molecule has 0 saturated heterocycles. The van der Waals surface area contributed by atoms with Gasteiger partial charge in [-0.1, -0.05) is 12.1 Å². The summed E-state index contributed by atoms with van der Waals surface area (Å²) in [5.74, 6) is -0.566. The van der Waals surface area contributed by atoms with Crippen LogP contribution in [0.25, 0.3) is 0 Å². The molecule has 0 spiro atoms. The number of hydrogen-bond acceptors (Lipinski definition) is 4. The maximum Gasteiger partial charge on any atom is 0.170 e. The van der Waals surface area contributed by atoms with Crippen LogP contribution in [0.2, 0.25) is 0 Å². The van der Waals surface area contributed by atoms with Crippen LogP contribution in [0.4, 0.5) is 4.39 Å². The standard InChI is InChI=1S/C10H13FO3S/c1-14-8-4-2-3-6(9(8)11)10(13)7(12)5-15/h2-4,7,10,12-13,15H,5H2,1H3. The fourth-order valence-electron chi connectivity index (χ4n) is 1.22. The lowest BCUT2D eigenvalue weighted by molar-refractivity contribution is 0.0312. The number of halogens is 1. The van der Waals surface area contributed by atoms with E-state index >= 15 is 0 Å². The Morgan fingerprint density at radius 3 is 2.67 bits per heavy atom. The van der Waals surface area contributed by atoms with Crippen molar-refractivity contribution in [1.29, 1.82) is 0 Å². The maximum atomic E-state index is 13.6. The molecule has 0 amide bonds. The van der Waals surface area contributed by atoms with Gasteiger partial charge in [0.1, 0.15) is 6.10 Å². The molecule has 2 unspecified atom stereocenters. The van der Waals surface area contributed by atoms with Gasteiger partial charge in [0.2, 0.25) is 0 Å². The Hall–Kier alpha value is -0.780. The molecule has 1 rings (SSSR count). The van der Waals surface area contributed by atoms with E-state index in [4.69, 9.17) is 4.74 Å². The van der Waals surface area contributed by atoms with Gasteiger partial charge in [0.25, 0.3) is 0 Å². The van der Waals surface area contributed by atoms with Crippen LogP contribution in [-0.4, -0.2) is 29.2 Å². The molecular formula is C10H13FO3S. The summed E-state index contributed by atoms with van der Waals surface area (Å²) in [6.45, 7) is 0. The Morgan fingerprint density at radius 1 is 1.47 bits per heavy atom. The van der Waals surface area contributed by atoms with Gasteiger partial charge < -0.3 is 14.9 Å². The van der Waals surface area contributed by atoms with Crippen LogP contribution in [-0.2, 0) is 0 Å². The monoisotopic (exact) mass is 232 g/mol. The number of hydrogen-bond donors (Lipinski definition) is 3. The quantitative estimate of drug-likeness (QED) is 0.683. The van der Waals surface area contributed by atoms with Crippen LogP contribution in [0.1, 0.15) is 11.7 Å². The lowest BCUT2D eigenvalue weighted by Gasteiger charge is -2.17. The first-order valence-corrected chi connectivity index (χ1v) is 5.04. The third kappa shape index (κ3) is 2.62. The Morgan fingerprint density at radius 2 is 2.13 bits per heavy atom. The predicted molar refractivity (Wildman–Crippen MR) is 57.8 cm³/mol. The number of aliphatic hydroxyl groups is 2. The van der Waals surface area contributed by atoms with Crippen LogP contribution in [0.15, 0.2) is 18.2 Å². The highest BCUT2D eigenvalue weighted by atomic mass is 32.1. The molecule has 0 aliphatic rings. The molecule has 0 aromatic heterocycles. The number of benzene rings is 1. The normalized spacial score (nSPS) is 14.7. The molecule has 1 aromatic carbocycles. The molecule has 2 atom stereocenters. The fraction of sp³-hybridized carbons (Fsp3) is 0.400. The van der Waals surface area contributed by atoms with Gasteiger partial charge in [0, 0.05) is 11.3 Å². The second-order valence-electron chi connectivity index (χ2n) is 3.06. The van der Waals surface area contributed by atoms with Crippen molar-refractivity contribution in [3.63, 3.8) is 0 Å². The van der Waals surface area contributed by atoms with Crippen LogP contribution in [0.3, 0.4) is 0 Å². The van der Waals surface area contributed by atoms with Gasteiger partial charge in [0.05, 0.1) is 13.2 Å². The Bertz CT molecular complexity index is 332. The van der Waals surface area contributed by atoms with Gasteiger partial charge in [-0.2, -0.15) is 12.6 Å². The zero-order valence-electron chi connectivity index (χ0n) is 8.22. The smallest absolute Gasteiger partial charge is 0.170 e. The summed E-state index contributed by atoms with van der Waals surface area (Å²) in [7, 11) is 1.34. The van der Waals surface area contributed by atoms with E-state index < -0.39 is 18.0 Å². The number of ether oxygens (including phenoxy) is 1. The average molecular weight is 232 g/mol. The van der Waals surface area contributed by atoms with E-state index in [1.165, 1.54) is 19.2 Å². The zero-order chi connectivity index (χ0) is 11.4. The third-order valence-corrected chi connectivity index (χ3v) is 2.46. The van der Waals surface area contributed by atoms with Gasteiger partial charge in [-0.25, -0.2) is 4.39 Å². The molecule has 0 aliphatic carbocycles. The van der Waals surface area contributed by atoms with Crippen molar-refractivity contribution < 1.29 is 19.3 Å². The number of rotatable bonds is 4. The van der Waals surface area contributed by atoms with Crippen molar-refractivity contribution in [3.8, 4) is 5.75 Å². The van der Waals surface area contributed by atoms with Crippen molar-refractivity contribution in [2.75, 3.05) is 12.9 Å². The fourth-order valence-corrected chi connectivity index (χ4v) is 1.42. The van der Waals surface area contributed by atoms with E-state index in [9.17, 15) is 14.6 Å². The third-order valence-electron chi connectivity index (χ3n) is 2.08. The first-order chi connectivity index (χ1) is 7.11. The van der Waals surface area contributed by atoms with Crippen molar-refractivity contribution in [2.45, 2.75) is 12.2 Å². The van der Waals surface area contributed by atoms with Crippen LogP contribution in [0, 0.1) is 5.82 Å². The molecule has 84 valence electrons. The Balaban J connectivity index is 3.03. The van der Waals surface area contributed by atoms with E-state index in [0.717, 1.165) is 0 Å². The summed E-state index contributed by atoms with van der Waals surface area (Å²) < 4.78 is 18.4. The SMILES string of the molecule is COc1cccc(C(O)C(O)CS)c1F. The summed E-state index contributed by atoms with van der Waals surface area (Å²) in [5, 5.41) is 18.9. The van der Waals surface area contributed by atoms with Crippen LogP contribution >= 0.6 is 12.6 Å². The molecule has 15 heavy (non-hydrogen) atoms. The first-order valence-electron chi connectivity index (χ1n) is 4.41. The lowest BCUT2D eigenvalue weighted by Crippen LogP contribution is -2.20. The van der Waals surface area contributed by atoms with Crippen molar-refractivity contribution in [3.05, 3.63) is 29.6 Å². The molecule has 0 bridgehead atoms. The molecule has 1 aromatic rings. The predicted octanol–water partition coefficient (Wildman–Crippen LogP) is 1.16. The zero-order valence-corrected chi connectivity index (χ0v) is 9.12. The van der Waals surface area contributed by atoms with Gasteiger partial charge >= 0.3 is 0 Å². The van der Waals surface area contributed by atoms with Crippen molar-refractivity contribution >= 4 is 12.6 Å². The number of methoxy groups -OCH3 is 1. The number of thiol groups is 1. The molecular weight excluding hydrogens is 219 g/mol. The second-order valence-corrected chi connectivity index (χ2v) is 3.42. The first kappa shape index (κ1) is 12.3. The molecule has 0 saturated carbocycles. The van der Waals surface area contributed by atoms with Crippen LogP contribution < -0.4 is 4.74 Å². The van der Waals surface area contributed by atoms with Gasteiger partial charge in [-0.05, 0) is 6.07 Å². The van der Waals surface area contributed by atoms with Gasteiger partial charge in [-0.15, -0.1) is 0 Å². The molecule has 0 aliphatic heterocycles. The Labute approximate surface area is 92.9 Å². The highest BCUT2D eigenvalue weighted by Crippen LogP contribution is 2.26. The van der Waals surface area contributed by atoms with E-state index in [0.29, 0.717) is 0 Å². The largest absolute Gasteiger partial charge is 0.494 e.